The number of ketones is 1. The Balaban J connectivity index is 0.000000360. The van der Waals surface area contributed by atoms with Gasteiger partial charge in [0.1, 0.15) is 5.78 Å². The molecule has 0 aromatic rings. The quantitative estimate of drug-likeness (QED) is 0.453. The average molecular weight is 100 g/mol. The van der Waals surface area contributed by atoms with E-state index in [9.17, 15) is 4.79 Å². The number of hydrogen-bond donors (Lipinski definition) is 0. The van der Waals surface area contributed by atoms with Gasteiger partial charge in [-0.1, -0.05) is 7.43 Å². The fourth-order valence-corrected chi connectivity index (χ4v) is 0.769. The predicted octanol–water partition coefficient (Wildman–Crippen LogP) is 1.77. The molecule has 1 fully saturated rings. The van der Waals surface area contributed by atoms with Crippen LogP contribution in [0.25, 0.3) is 0 Å². The van der Waals surface area contributed by atoms with Gasteiger partial charge in [0.05, 0.1) is 0 Å². The molecular formula is C6H12O. The lowest BCUT2D eigenvalue weighted by molar-refractivity contribution is -0.117. The molecule has 0 amide bonds. The van der Waals surface area contributed by atoms with Crippen molar-refractivity contribution in [3.05, 3.63) is 0 Å². The molecule has 0 bridgehead atoms. The Labute approximate surface area is 44.7 Å². The molecule has 0 N–H and O–H groups in total. The van der Waals surface area contributed by atoms with Crippen molar-refractivity contribution in [3.63, 3.8) is 0 Å². The summed E-state index contributed by atoms with van der Waals surface area (Å²) in [6.07, 6.45) is 3.97. The largest absolute Gasteiger partial charge is 0.300 e. The number of rotatable bonds is 0. The van der Waals surface area contributed by atoms with E-state index in [1.165, 1.54) is 0 Å². The van der Waals surface area contributed by atoms with Crippen molar-refractivity contribution in [2.45, 2.75) is 33.1 Å². The van der Waals surface area contributed by atoms with Crippen LogP contribution >= 0.6 is 0 Å². The second kappa shape index (κ2) is 2.78. The van der Waals surface area contributed by atoms with Gasteiger partial charge < -0.3 is 0 Å². The molecule has 0 aromatic carbocycles. The van der Waals surface area contributed by atoms with E-state index in [4.69, 9.17) is 0 Å². The Morgan fingerprint density at radius 2 is 1.57 bits per heavy atom. The third-order valence-corrected chi connectivity index (χ3v) is 1.16. The number of Topliss-reactive ketones (excluding diaryl/α,β-unsaturated/α-hetero) is 1. The van der Waals surface area contributed by atoms with E-state index in [2.05, 4.69) is 0 Å². The van der Waals surface area contributed by atoms with Gasteiger partial charge in [0, 0.05) is 12.8 Å². The fraction of sp³-hybridized carbons (Fsp3) is 0.833. The van der Waals surface area contributed by atoms with Crippen LogP contribution in [0.4, 0.5) is 0 Å². The lowest BCUT2D eigenvalue weighted by Gasteiger charge is -1.71. The molecule has 1 aliphatic rings. The van der Waals surface area contributed by atoms with Gasteiger partial charge in [-0.15, -0.1) is 0 Å². The Hall–Kier alpha value is -0.330. The second-order valence-corrected chi connectivity index (χ2v) is 1.75. The predicted molar refractivity (Wildman–Crippen MR) is 30.2 cm³/mol. The SMILES string of the molecule is C.O=C1CCCC1. The molecule has 7 heavy (non-hydrogen) atoms. The fourth-order valence-electron chi connectivity index (χ4n) is 0.769. The molecule has 0 aliphatic heterocycles. The first-order chi connectivity index (χ1) is 2.89. The molecule has 1 heteroatoms. The highest BCUT2D eigenvalue weighted by Crippen LogP contribution is 2.11. The van der Waals surface area contributed by atoms with Crippen molar-refractivity contribution in [2.75, 3.05) is 0 Å². The number of carbonyl (C=O) groups is 1. The summed E-state index contributed by atoms with van der Waals surface area (Å²) >= 11 is 0. The molecule has 42 valence electrons. The van der Waals surface area contributed by atoms with E-state index in [0.29, 0.717) is 5.78 Å². The molecule has 0 aromatic heterocycles. The van der Waals surface area contributed by atoms with Crippen molar-refractivity contribution in [3.8, 4) is 0 Å². The van der Waals surface area contributed by atoms with Gasteiger partial charge in [-0.25, -0.2) is 0 Å². The van der Waals surface area contributed by atoms with Crippen molar-refractivity contribution < 1.29 is 4.79 Å². The molecule has 0 heterocycles. The van der Waals surface area contributed by atoms with Crippen LogP contribution in [0.3, 0.4) is 0 Å². The van der Waals surface area contributed by atoms with E-state index >= 15 is 0 Å². The van der Waals surface area contributed by atoms with Crippen LogP contribution in [0, 0.1) is 0 Å². The smallest absolute Gasteiger partial charge is 0.132 e. The summed E-state index contributed by atoms with van der Waals surface area (Å²) < 4.78 is 0. The lowest BCUT2D eigenvalue weighted by Crippen LogP contribution is -1.81. The van der Waals surface area contributed by atoms with Crippen molar-refractivity contribution >= 4 is 5.78 Å². The van der Waals surface area contributed by atoms with Gasteiger partial charge in [-0.05, 0) is 12.8 Å². The Morgan fingerprint density at radius 1 is 1.14 bits per heavy atom. The minimum absolute atomic E-state index is 0. The van der Waals surface area contributed by atoms with E-state index in [0.717, 1.165) is 25.7 Å². The summed E-state index contributed by atoms with van der Waals surface area (Å²) in [5, 5.41) is 0. The van der Waals surface area contributed by atoms with Crippen LogP contribution in [0.1, 0.15) is 33.1 Å². The molecule has 0 unspecified atom stereocenters. The molecule has 0 saturated heterocycles. The zero-order valence-electron chi connectivity index (χ0n) is 3.74. The maximum atomic E-state index is 10.2. The lowest BCUT2D eigenvalue weighted by atomic mass is 10.4. The van der Waals surface area contributed by atoms with Crippen molar-refractivity contribution in [2.24, 2.45) is 0 Å². The van der Waals surface area contributed by atoms with Gasteiger partial charge in [0.25, 0.3) is 0 Å². The summed E-state index contributed by atoms with van der Waals surface area (Å²) in [5.41, 5.74) is 0. The highest BCUT2D eigenvalue weighted by molar-refractivity contribution is 5.79. The first kappa shape index (κ1) is 6.67. The zero-order valence-corrected chi connectivity index (χ0v) is 3.74. The van der Waals surface area contributed by atoms with Gasteiger partial charge >= 0.3 is 0 Å². The monoisotopic (exact) mass is 100 g/mol. The molecule has 1 aliphatic carbocycles. The van der Waals surface area contributed by atoms with E-state index in [1.54, 1.807) is 0 Å². The number of hydrogen-bond acceptors (Lipinski definition) is 1. The van der Waals surface area contributed by atoms with Crippen molar-refractivity contribution in [1.82, 2.24) is 0 Å². The molecule has 1 nitrogen and oxygen atoms in total. The first-order valence-electron chi connectivity index (χ1n) is 2.41. The Kier molecular flexibility index (Phi) is 2.65. The van der Waals surface area contributed by atoms with Crippen LogP contribution < -0.4 is 0 Å². The summed E-state index contributed by atoms with van der Waals surface area (Å²) in [4.78, 5) is 10.2. The molecular weight excluding hydrogens is 88.1 g/mol. The zero-order chi connectivity index (χ0) is 4.41. The molecule has 0 spiro atoms. The highest BCUT2D eigenvalue weighted by atomic mass is 16.1. The average Bonchev–Trinajstić information content (AvgIpc) is 1.86. The second-order valence-electron chi connectivity index (χ2n) is 1.75. The third kappa shape index (κ3) is 1.72. The maximum Gasteiger partial charge on any atom is 0.132 e. The molecule has 0 radical (unpaired) electrons. The van der Waals surface area contributed by atoms with Crippen LogP contribution in [0.5, 0.6) is 0 Å². The summed E-state index contributed by atoms with van der Waals surface area (Å²) in [7, 11) is 0. The van der Waals surface area contributed by atoms with Crippen LogP contribution in [-0.4, -0.2) is 5.78 Å². The standard InChI is InChI=1S/C5H8O.CH4/c6-5-3-1-2-4-5;/h1-4H2;1H4. The molecule has 1 saturated carbocycles. The maximum absolute atomic E-state index is 10.2. The van der Waals surface area contributed by atoms with Crippen molar-refractivity contribution in [1.29, 1.82) is 0 Å². The normalized spacial score (nSPS) is 19.1. The summed E-state index contributed by atoms with van der Waals surface area (Å²) in [6.45, 7) is 0. The van der Waals surface area contributed by atoms with Gasteiger partial charge in [-0.3, -0.25) is 4.79 Å². The molecule has 0 atom stereocenters. The van der Waals surface area contributed by atoms with Crippen LogP contribution in [0.15, 0.2) is 0 Å². The summed E-state index contributed by atoms with van der Waals surface area (Å²) in [6, 6.07) is 0. The Bertz CT molecular complexity index is 58.6. The van der Waals surface area contributed by atoms with Crippen LogP contribution in [-0.2, 0) is 4.79 Å². The minimum atomic E-state index is 0. The van der Waals surface area contributed by atoms with E-state index in [1.807, 2.05) is 0 Å². The summed E-state index contributed by atoms with van der Waals surface area (Å²) in [5.74, 6) is 0.454. The molecule has 1 rings (SSSR count). The van der Waals surface area contributed by atoms with Gasteiger partial charge in [-0.2, -0.15) is 0 Å². The first-order valence-corrected chi connectivity index (χ1v) is 2.41. The third-order valence-electron chi connectivity index (χ3n) is 1.16. The van der Waals surface area contributed by atoms with Gasteiger partial charge in [0.15, 0.2) is 0 Å². The minimum Gasteiger partial charge on any atom is -0.300 e. The van der Waals surface area contributed by atoms with Gasteiger partial charge in [0.2, 0.25) is 0 Å². The number of carbonyl (C=O) groups excluding carboxylic acids is 1. The topological polar surface area (TPSA) is 17.1 Å². The van der Waals surface area contributed by atoms with E-state index in [-0.39, 0.29) is 7.43 Å². The van der Waals surface area contributed by atoms with E-state index < -0.39 is 0 Å². The highest BCUT2D eigenvalue weighted by Gasteiger charge is 2.07. The Morgan fingerprint density at radius 3 is 1.71 bits per heavy atom. The van der Waals surface area contributed by atoms with Crippen LogP contribution in [0.2, 0.25) is 0 Å².